The van der Waals surface area contributed by atoms with Crippen LogP contribution in [0.15, 0.2) is 11.1 Å². The Morgan fingerprint density at radius 3 is 2.10 bits per heavy atom. The van der Waals surface area contributed by atoms with Crippen LogP contribution in [0.25, 0.3) is 0 Å². The van der Waals surface area contributed by atoms with Crippen LogP contribution in [0.3, 0.4) is 0 Å². The first-order valence-electron chi connectivity index (χ1n) is 3.49. The lowest BCUT2D eigenvalue weighted by Crippen LogP contribution is -2.26. The molecule has 0 aliphatic carbocycles. The molecule has 0 aliphatic heterocycles. The highest BCUT2D eigenvalue weighted by Gasteiger charge is 2.19. The highest BCUT2D eigenvalue weighted by Crippen LogP contribution is 2.26. The zero-order valence-electron chi connectivity index (χ0n) is 6.89. The molecule has 0 spiro atoms. The molecule has 1 unspecified atom stereocenters. The van der Waals surface area contributed by atoms with Gasteiger partial charge in [-0.2, -0.15) is 0 Å². The number of hydrogen-bond acceptors (Lipinski definition) is 1. The fourth-order valence-corrected chi connectivity index (χ4v) is 1.18. The lowest BCUT2D eigenvalue weighted by atomic mass is 9.81. The maximum Gasteiger partial charge on any atom is -0.000884 e. The van der Waals surface area contributed by atoms with Crippen LogP contribution >= 0.6 is 15.9 Å². The van der Waals surface area contributed by atoms with Crippen molar-refractivity contribution in [1.82, 2.24) is 0 Å². The minimum atomic E-state index is 0.277. The Morgan fingerprint density at radius 1 is 1.50 bits per heavy atom. The largest absolute Gasteiger partial charge is 0.330 e. The summed E-state index contributed by atoms with van der Waals surface area (Å²) in [6.45, 7) is 7.29. The smallest absolute Gasteiger partial charge is 0.000884 e. The van der Waals surface area contributed by atoms with Gasteiger partial charge in [0.05, 0.1) is 0 Å². The lowest BCUT2D eigenvalue weighted by Gasteiger charge is -2.26. The minimum Gasteiger partial charge on any atom is -0.330 e. The van der Waals surface area contributed by atoms with Gasteiger partial charge in [-0.3, -0.25) is 0 Å². The molecule has 0 amide bonds. The molecule has 1 atom stereocenters. The van der Waals surface area contributed by atoms with E-state index in [1.807, 2.05) is 4.99 Å². The maximum atomic E-state index is 5.57. The van der Waals surface area contributed by atoms with Crippen LogP contribution in [-0.2, 0) is 0 Å². The Kier molecular flexibility index (Phi) is 4.22. The molecule has 0 rings (SSSR count). The average molecular weight is 206 g/mol. The second-order valence-electron chi connectivity index (χ2n) is 3.53. The van der Waals surface area contributed by atoms with Crippen LogP contribution in [0, 0.1) is 11.3 Å². The van der Waals surface area contributed by atoms with Gasteiger partial charge in [0.2, 0.25) is 0 Å². The van der Waals surface area contributed by atoms with Gasteiger partial charge in [-0.1, -0.05) is 42.8 Å². The third-order valence-electron chi connectivity index (χ3n) is 1.67. The number of rotatable bonds is 2. The summed E-state index contributed by atoms with van der Waals surface area (Å²) in [6.07, 6.45) is 2.10. The van der Waals surface area contributed by atoms with Gasteiger partial charge < -0.3 is 5.73 Å². The van der Waals surface area contributed by atoms with Crippen LogP contribution in [0.4, 0.5) is 0 Å². The predicted octanol–water partition coefficient (Wildman–Crippen LogP) is 2.52. The van der Waals surface area contributed by atoms with Crippen molar-refractivity contribution in [3.8, 4) is 0 Å². The summed E-state index contributed by atoms with van der Waals surface area (Å²) >= 11 is 3.25. The van der Waals surface area contributed by atoms with Gasteiger partial charge in [-0.15, -0.1) is 0 Å². The highest BCUT2D eigenvalue weighted by atomic mass is 79.9. The van der Waals surface area contributed by atoms with E-state index >= 15 is 0 Å². The Morgan fingerprint density at radius 2 is 2.00 bits per heavy atom. The van der Waals surface area contributed by atoms with Crippen molar-refractivity contribution in [2.24, 2.45) is 17.1 Å². The summed E-state index contributed by atoms with van der Waals surface area (Å²) in [6, 6.07) is 0. The Labute approximate surface area is 71.8 Å². The topological polar surface area (TPSA) is 26.0 Å². The van der Waals surface area contributed by atoms with Gasteiger partial charge in [0.25, 0.3) is 0 Å². The van der Waals surface area contributed by atoms with Gasteiger partial charge in [0, 0.05) is 0 Å². The Hall–Kier alpha value is 0.180. The van der Waals surface area contributed by atoms with Gasteiger partial charge in [-0.05, 0) is 22.9 Å². The van der Waals surface area contributed by atoms with E-state index in [1.54, 1.807) is 0 Å². The zero-order chi connectivity index (χ0) is 8.20. The molecule has 0 bridgehead atoms. The first-order chi connectivity index (χ1) is 4.52. The molecule has 0 radical (unpaired) electrons. The van der Waals surface area contributed by atoms with E-state index < -0.39 is 0 Å². The molecular weight excluding hydrogens is 190 g/mol. The molecule has 2 heteroatoms. The van der Waals surface area contributed by atoms with Crippen molar-refractivity contribution >= 4 is 15.9 Å². The van der Waals surface area contributed by atoms with Crippen LogP contribution in [0.5, 0.6) is 0 Å². The summed E-state index contributed by atoms with van der Waals surface area (Å²) in [7, 11) is 0. The van der Waals surface area contributed by atoms with Crippen molar-refractivity contribution in [2.45, 2.75) is 20.8 Å². The number of hydrogen-bond donors (Lipinski definition) is 1. The molecule has 0 heterocycles. The van der Waals surface area contributed by atoms with Crippen LogP contribution in [0.1, 0.15) is 20.8 Å². The highest BCUT2D eigenvalue weighted by molar-refractivity contribution is 9.11. The lowest BCUT2D eigenvalue weighted by molar-refractivity contribution is 0.300. The predicted molar refractivity (Wildman–Crippen MR) is 50.1 cm³/mol. The average Bonchev–Trinajstić information content (AvgIpc) is 1.80. The molecule has 0 aromatic heterocycles. The molecule has 0 saturated carbocycles. The van der Waals surface area contributed by atoms with Gasteiger partial charge in [0.1, 0.15) is 0 Å². The summed E-state index contributed by atoms with van der Waals surface area (Å²) in [5.74, 6) is 0.465. The third-order valence-corrected chi connectivity index (χ3v) is 1.98. The van der Waals surface area contributed by atoms with Crippen LogP contribution in [0.2, 0.25) is 0 Å². The van der Waals surface area contributed by atoms with E-state index in [1.165, 1.54) is 0 Å². The van der Waals surface area contributed by atoms with E-state index in [2.05, 4.69) is 42.8 Å². The van der Waals surface area contributed by atoms with Gasteiger partial charge in [0.15, 0.2) is 0 Å². The van der Waals surface area contributed by atoms with Crippen molar-refractivity contribution < 1.29 is 0 Å². The summed E-state index contributed by atoms with van der Waals surface area (Å²) in [5, 5.41) is 0. The van der Waals surface area contributed by atoms with Crippen molar-refractivity contribution in [3.63, 3.8) is 0 Å². The fraction of sp³-hybridized carbons (Fsp3) is 0.750. The third kappa shape index (κ3) is 3.37. The minimum absolute atomic E-state index is 0.277. The first kappa shape index (κ1) is 10.2. The van der Waals surface area contributed by atoms with E-state index in [-0.39, 0.29) is 5.41 Å². The second kappa shape index (κ2) is 4.14. The van der Waals surface area contributed by atoms with Crippen molar-refractivity contribution in [3.05, 3.63) is 11.1 Å². The number of halogens is 1. The molecule has 0 aromatic rings. The van der Waals surface area contributed by atoms with Crippen LogP contribution in [-0.4, -0.2) is 6.54 Å². The van der Waals surface area contributed by atoms with Crippen LogP contribution < -0.4 is 5.73 Å². The van der Waals surface area contributed by atoms with Gasteiger partial charge >= 0.3 is 0 Å². The summed E-state index contributed by atoms with van der Waals surface area (Å²) in [4.78, 5) is 1.88. The van der Waals surface area contributed by atoms with Gasteiger partial charge in [-0.25, -0.2) is 0 Å². The maximum absolute atomic E-state index is 5.57. The van der Waals surface area contributed by atoms with Crippen molar-refractivity contribution in [2.75, 3.05) is 6.54 Å². The van der Waals surface area contributed by atoms with E-state index in [0.29, 0.717) is 12.5 Å². The second-order valence-corrected chi connectivity index (χ2v) is 4.06. The molecule has 0 aromatic carbocycles. The number of nitrogens with two attached hydrogens (primary N) is 1. The molecule has 0 aliphatic rings. The molecule has 0 fully saturated rings. The fourth-order valence-electron chi connectivity index (χ4n) is 0.809. The zero-order valence-corrected chi connectivity index (χ0v) is 8.48. The van der Waals surface area contributed by atoms with E-state index in [4.69, 9.17) is 5.73 Å². The van der Waals surface area contributed by atoms with Crippen molar-refractivity contribution in [1.29, 1.82) is 0 Å². The summed E-state index contributed by atoms with van der Waals surface area (Å²) < 4.78 is 0. The first-order valence-corrected chi connectivity index (χ1v) is 4.41. The normalized spacial score (nSPS) is 16.1. The molecule has 2 N–H and O–H groups in total. The Balaban J connectivity index is 4.07. The molecule has 10 heavy (non-hydrogen) atoms. The monoisotopic (exact) mass is 205 g/mol. The standard InChI is InChI=1S/C8H16BrN/c1-8(2,3)7(6-10)4-5-9/h4-5,7H,6,10H2,1-3H3/b5-4+. The van der Waals surface area contributed by atoms with E-state index in [9.17, 15) is 0 Å². The molecule has 1 nitrogen and oxygen atoms in total. The Bertz CT molecular complexity index is 113. The molecular formula is C8H16BrN. The molecule has 0 saturated heterocycles. The SMILES string of the molecule is CC(C)(C)C(/C=C/Br)CN. The molecule has 60 valence electrons. The quantitative estimate of drug-likeness (QED) is 0.738. The van der Waals surface area contributed by atoms with E-state index in [0.717, 1.165) is 0 Å². The summed E-state index contributed by atoms with van der Waals surface area (Å²) in [5.41, 5.74) is 5.85.